The predicted octanol–water partition coefficient (Wildman–Crippen LogP) is 1.17. The standard InChI is InChI=1S/C11H12N4O2S/c1-8-10(3-2-5-14-8)15-18(16,17)11-7-13-6-4-9(11)12/h2-7,15H,1H3,(H2,12,13). The minimum atomic E-state index is -3.74. The zero-order valence-electron chi connectivity index (χ0n) is 9.66. The van der Waals surface area contributed by atoms with Crippen molar-refractivity contribution >= 4 is 21.4 Å². The summed E-state index contributed by atoms with van der Waals surface area (Å²) < 4.78 is 26.7. The zero-order chi connectivity index (χ0) is 13.2. The highest BCUT2D eigenvalue weighted by atomic mass is 32.2. The molecule has 2 aromatic heterocycles. The maximum absolute atomic E-state index is 12.1. The first kappa shape index (κ1) is 12.3. The van der Waals surface area contributed by atoms with E-state index in [0.29, 0.717) is 11.4 Å². The molecule has 6 nitrogen and oxygen atoms in total. The molecule has 0 saturated heterocycles. The van der Waals surface area contributed by atoms with Crippen LogP contribution < -0.4 is 10.5 Å². The summed E-state index contributed by atoms with van der Waals surface area (Å²) >= 11 is 0. The van der Waals surface area contributed by atoms with Gasteiger partial charge >= 0.3 is 0 Å². The van der Waals surface area contributed by atoms with Gasteiger partial charge in [0, 0.05) is 18.6 Å². The quantitative estimate of drug-likeness (QED) is 0.867. The van der Waals surface area contributed by atoms with Crippen molar-refractivity contribution in [3.63, 3.8) is 0 Å². The van der Waals surface area contributed by atoms with Crippen molar-refractivity contribution in [1.29, 1.82) is 0 Å². The molecule has 2 rings (SSSR count). The number of nitrogens with zero attached hydrogens (tertiary/aromatic N) is 2. The van der Waals surface area contributed by atoms with Gasteiger partial charge in [0.25, 0.3) is 10.0 Å². The van der Waals surface area contributed by atoms with E-state index in [2.05, 4.69) is 14.7 Å². The molecule has 0 aliphatic heterocycles. The molecule has 3 N–H and O–H groups in total. The summed E-state index contributed by atoms with van der Waals surface area (Å²) in [6.07, 6.45) is 4.23. The van der Waals surface area contributed by atoms with E-state index in [1.54, 1.807) is 25.3 Å². The second kappa shape index (κ2) is 4.61. The number of pyridine rings is 2. The Bertz CT molecular complexity index is 670. The van der Waals surface area contributed by atoms with Crippen LogP contribution in [0.4, 0.5) is 11.4 Å². The SMILES string of the molecule is Cc1ncccc1NS(=O)(=O)c1cnccc1N. The number of sulfonamides is 1. The number of aromatic nitrogens is 2. The highest BCUT2D eigenvalue weighted by Gasteiger charge is 2.18. The van der Waals surface area contributed by atoms with E-state index in [4.69, 9.17) is 5.73 Å². The minimum Gasteiger partial charge on any atom is -0.398 e. The van der Waals surface area contributed by atoms with Gasteiger partial charge in [0.15, 0.2) is 0 Å². The van der Waals surface area contributed by atoms with Gasteiger partial charge in [0.2, 0.25) is 0 Å². The third-order valence-electron chi connectivity index (χ3n) is 2.36. The molecule has 7 heteroatoms. The van der Waals surface area contributed by atoms with E-state index in [0.717, 1.165) is 0 Å². The molecule has 0 aromatic carbocycles. The van der Waals surface area contributed by atoms with Crippen LogP contribution in [0.3, 0.4) is 0 Å². The highest BCUT2D eigenvalue weighted by Crippen LogP contribution is 2.21. The van der Waals surface area contributed by atoms with Crippen LogP contribution in [0.15, 0.2) is 41.7 Å². The molecular weight excluding hydrogens is 252 g/mol. The van der Waals surface area contributed by atoms with Crippen molar-refractivity contribution < 1.29 is 8.42 Å². The third-order valence-corrected chi connectivity index (χ3v) is 3.77. The summed E-state index contributed by atoms with van der Waals surface area (Å²) in [4.78, 5) is 7.72. The van der Waals surface area contributed by atoms with Crippen molar-refractivity contribution in [1.82, 2.24) is 9.97 Å². The minimum absolute atomic E-state index is 0.0479. The second-order valence-corrected chi connectivity index (χ2v) is 5.31. The van der Waals surface area contributed by atoms with Crippen molar-refractivity contribution in [2.45, 2.75) is 11.8 Å². The van der Waals surface area contributed by atoms with Crippen LogP contribution in [0, 0.1) is 6.92 Å². The van der Waals surface area contributed by atoms with Gasteiger partial charge in [-0.25, -0.2) is 8.42 Å². The van der Waals surface area contributed by atoms with Crippen LogP contribution in [0.1, 0.15) is 5.69 Å². The highest BCUT2D eigenvalue weighted by molar-refractivity contribution is 7.92. The van der Waals surface area contributed by atoms with Crippen LogP contribution in [-0.2, 0) is 10.0 Å². The van der Waals surface area contributed by atoms with Crippen molar-refractivity contribution in [3.8, 4) is 0 Å². The van der Waals surface area contributed by atoms with Crippen LogP contribution in [0.5, 0.6) is 0 Å². The maximum Gasteiger partial charge on any atom is 0.265 e. The fraction of sp³-hybridized carbons (Fsp3) is 0.0909. The maximum atomic E-state index is 12.1. The molecule has 0 radical (unpaired) electrons. The fourth-order valence-electron chi connectivity index (χ4n) is 1.41. The lowest BCUT2D eigenvalue weighted by Gasteiger charge is -2.10. The molecule has 0 saturated carbocycles. The Morgan fingerprint density at radius 1 is 1.28 bits per heavy atom. The second-order valence-electron chi connectivity index (χ2n) is 3.66. The molecular formula is C11H12N4O2S. The molecule has 0 bridgehead atoms. The molecule has 0 aliphatic carbocycles. The van der Waals surface area contributed by atoms with Gasteiger partial charge in [-0.2, -0.15) is 0 Å². The van der Waals surface area contributed by atoms with Gasteiger partial charge < -0.3 is 5.73 Å². The predicted molar refractivity (Wildman–Crippen MR) is 68.4 cm³/mol. The Kier molecular flexibility index (Phi) is 3.15. The molecule has 0 unspecified atom stereocenters. The third kappa shape index (κ3) is 2.40. The van der Waals surface area contributed by atoms with Crippen LogP contribution in [-0.4, -0.2) is 18.4 Å². The number of aryl methyl sites for hydroxylation is 1. The number of nitrogens with one attached hydrogen (secondary N) is 1. The van der Waals surface area contributed by atoms with Crippen molar-refractivity contribution in [2.75, 3.05) is 10.5 Å². The van der Waals surface area contributed by atoms with E-state index in [-0.39, 0.29) is 10.6 Å². The molecule has 0 amide bonds. The first-order valence-corrected chi connectivity index (χ1v) is 6.63. The number of nitrogens with two attached hydrogens (primary N) is 1. The summed E-state index contributed by atoms with van der Waals surface area (Å²) in [7, 11) is -3.74. The summed E-state index contributed by atoms with van der Waals surface area (Å²) in [5, 5.41) is 0. The Balaban J connectivity index is 2.40. The largest absolute Gasteiger partial charge is 0.398 e. The summed E-state index contributed by atoms with van der Waals surface area (Å²) in [5.74, 6) is 0. The van der Waals surface area contributed by atoms with E-state index in [1.165, 1.54) is 18.5 Å². The Morgan fingerprint density at radius 3 is 2.72 bits per heavy atom. The Morgan fingerprint density at radius 2 is 2.06 bits per heavy atom. The van der Waals surface area contributed by atoms with Gasteiger partial charge in [0.1, 0.15) is 4.90 Å². The normalized spacial score (nSPS) is 11.2. The van der Waals surface area contributed by atoms with E-state index in [1.807, 2.05) is 0 Å². The van der Waals surface area contributed by atoms with Crippen LogP contribution in [0.25, 0.3) is 0 Å². The summed E-state index contributed by atoms with van der Waals surface area (Å²) in [6, 6.07) is 4.72. The monoisotopic (exact) mass is 264 g/mol. The number of anilines is 2. The first-order valence-electron chi connectivity index (χ1n) is 5.14. The summed E-state index contributed by atoms with van der Waals surface area (Å²) in [5.41, 5.74) is 6.78. The van der Waals surface area contributed by atoms with Gasteiger partial charge in [-0.1, -0.05) is 0 Å². The van der Waals surface area contributed by atoms with E-state index >= 15 is 0 Å². The average Bonchev–Trinajstić information content (AvgIpc) is 2.32. The molecule has 0 atom stereocenters. The Labute approximate surface area is 105 Å². The lowest BCUT2D eigenvalue weighted by Crippen LogP contribution is -2.16. The van der Waals surface area contributed by atoms with E-state index < -0.39 is 10.0 Å². The zero-order valence-corrected chi connectivity index (χ0v) is 10.5. The lowest BCUT2D eigenvalue weighted by molar-refractivity contribution is 0.601. The van der Waals surface area contributed by atoms with Gasteiger partial charge in [-0.05, 0) is 25.1 Å². The average molecular weight is 264 g/mol. The molecule has 0 aliphatic rings. The Hall–Kier alpha value is -2.15. The van der Waals surface area contributed by atoms with Crippen molar-refractivity contribution in [3.05, 3.63) is 42.5 Å². The van der Waals surface area contributed by atoms with Crippen LogP contribution >= 0.6 is 0 Å². The molecule has 0 spiro atoms. The molecule has 0 fully saturated rings. The summed E-state index contributed by atoms with van der Waals surface area (Å²) in [6.45, 7) is 1.71. The number of rotatable bonds is 3. The van der Waals surface area contributed by atoms with Crippen molar-refractivity contribution in [2.24, 2.45) is 0 Å². The van der Waals surface area contributed by atoms with E-state index in [9.17, 15) is 8.42 Å². The molecule has 2 aromatic rings. The molecule has 94 valence electrons. The first-order chi connectivity index (χ1) is 8.50. The molecule has 18 heavy (non-hydrogen) atoms. The van der Waals surface area contributed by atoms with Gasteiger partial charge in [-0.15, -0.1) is 0 Å². The fourth-order valence-corrected chi connectivity index (χ4v) is 2.60. The lowest BCUT2D eigenvalue weighted by atomic mass is 10.3. The smallest absolute Gasteiger partial charge is 0.265 e. The number of hydrogen-bond donors (Lipinski definition) is 2. The topological polar surface area (TPSA) is 98.0 Å². The number of nitrogen functional groups attached to an aromatic ring is 1. The molecule has 2 heterocycles. The van der Waals surface area contributed by atoms with Gasteiger partial charge in [0.05, 0.1) is 17.1 Å². The van der Waals surface area contributed by atoms with Gasteiger partial charge in [-0.3, -0.25) is 14.7 Å². The van der Waals surface area contributed by atoms with Crippen LogP contribution in [0.2, 0.25) is 0 Å². The number of hydrogen-bond acceptors (Lipinski definition) is 5.